The van der Waals surface area contributed by atoms with E-state index in [2.05, 4.69) is 5.32 Å². The number of hydrogen-bond acceptors (Lipinski definition) is 4. The molecular formula is C14H23N3O4. The number of carbonyl (C=O) groups excluding carboxylic acids is 3. The predicted octanol–water partition coefficient (Wildman–Crippen LogP) is 0.0803. The van der Waals surface area contributed by atoms with Gasteiger partial charge in [0.2, 0.25) is 11.8 Å². The number of imide groups is 1. The highest BCUT2D eigenvalue weighted by atomic mass is 16.3. The molecule has 1 aliphatic carbocycles. The van der Waals surface area contributed by atoms with Crippen LogP contribution in [0.5, 0.6) is 0 Å². The quantitative estimate of drug-likeness (QED) is 0.703. The number of aliphatic hydroxyl groups is 1. The molecule has 2 rings (SSSR count). The van der Waals surface area contributed by atoms with Gasteiger partial charge in [-0.1, -0.05) is 12.8 Å². The van der Waals surface area contributed by atoms with Gasteiger partial charge in [0.15, 0.2) is 0 Å². The van der Waals surface area contributed by atoms with Crippen molar-refractivity contribution in [2.45, 2.75) is 50.7 Å². The summed E-state index contributed by atoms with van der Waals surface area (Å²) in [6, 6.07) is -0.462. The SMILES string of the molecule is CN1CC(=O)N(CCCC(=O)N[C@@H]2CCCC[C@H]2O)C1=O. The Morgan fingerprint density at radius 2 is 2.05 bits per heavy atom. The first kappa shape index (κ1) is 15.8. The molecular weight excluding hydrogens is 274 g/mol. The summed E-state index contributed by atoms with van der Waals surface area (Å²) in [5, 5.41) is 12.6. The van der Waals surface area contributed by atoms with E-state index >= 15 is 0 Å². The second-order valence-electron chi connectivity index (χ2n) is 5.81. The molecule has 0 aromatic heterocycles. The minimum atomic E-state index is -0.460. The van der Waals surface area contributed by atoms with Gasteiger partial charge in [-0.25, -0.2) is 4.79 Å². The fourth-order valence-electron chi connectivity index (χ4n) is 2.85. The predicted molar refractivity (Wildman–Crippen MR) is 75.4 cm³/mol. The molecule has 21 heavy (non-hydrogen) atoms. The van der Waals surface area contributed by atoms with Gasteiger partial charge in [0.1, 0.15) is 6.54 Å². The Kier molecular flexibility index (Phi) is 5.17. The molecule has 0 aromatic rings. The van der Waals surface area contributed by atoms with Crippen LogP contribution in [0.4, 0.5) is 4.79 Å². The zero-order valence-electron chi connectivity index (χ0n) is 12.4. The van der Waals surface area contributed by atoms with Crippen LogP contribution in [0.3, 0.4) is 0 Å². The lowest BCUT2D eigenvalue weighted by molar-refractivity contribution is -0.126. The molecule has 7 heteroatoms. The molecule has 2 aliphatic rings. The highest BCUT2D eigenvalue weighted by Gasteiger charge is 2.33. The maximum absolute atomic E-state index is 11.8. The zero-order valence-corrected chi connectivity index (χ0v) is 12.4. The topological polar surface area (TPSA) is 90.0 Å². The standard InChI is InChI=1S/C14H23N3O4/c1-16-9-13(20)17(14(16)21)8-4-7-12(19)15-10-5-2-3-6-11(10)18/h10-11,18H,2-9H2,1H3,(H,15,19)/t10-,11-/m1/s1. The molecule has 2 fully saturated rings. The summed E-state index contributed by atoms with van der Waals surface area (Å²) in [7, 11) is 1.58. The van der Waals surface area contributed by atoms with Crippen LogP contribution in [-0.4, -0.2) is 65.0 Å². The molecule has 0 spiro atoms. The zero-order chi connectivity index (χ0) is 15.4. The number of nitrogens with one attached hydrogen (secondary N) is 1. The summed E-state index contributed by atoms with van der Waals surface area (Å²) < 4.78 is 0. The smallest absolute Gasteiger partial charge is 0.326 e. The first-order valence-electron chi connectivity index (χ1n) is 7.52. The third-order valence-corrected chi connectivity index (χ3v) is 4.09. The number of hydrogen-bond donors (Lipinski definition) is 2. The molecule has 1 heterocycles. The van der Waals surface area contributed by atoms with E-state index in [1.807, 2.05) is 0 Å². The minimum absolute atomic E-state index is 0.110. The average molecular weight is 297 g/mol. The van der Waals surface area contributed by atoms with Gasteiger partial charge < -0.3 is 15.3 Å². The van der Waals surface area contributed by atoms with Crippen LogP contribution in [0.2, 0.25) is 0 Å². The highest BCUT2D eigenvalue weighted by molar-refractivity contribution is 6.01. The molecule has 2 atom stereocenters. The first-order chi connectivity index (χ1) is 9.99. The van der Waals surface area contributed by atoms with E-state index in [1.165, 1.54) is 9.80 Å². The molecule has 1 saturated carbocycles. The molecule has 1 saturated heterocycles. The van der Waals surface area contributed by atoms with Crippen LogP contribution in [0.15, 0.2) is 0 Å². The molecule has 118 valence electrons. The van der Waals surface area contributed by atoms with Crippen molar-refractivity contribution in [3.63, 3.8) is 0 Å². The lowest BCUT2D eigenvalue weighted by Crippen LogP contribution is -2.45. The molecule has 1 aliphatic heterocycles. The van der Waals surface area contributed by atoms with Crippen LogP contribution < -0.4 is 5.32 Å². The van der Waals surface area contributed by atoms with Crippen molar-refractivity contribution >= 4 is 17.8 Å². The van der Waals surface area contributed by atoms with Gasteiger partial charge in [-0.3, -0.25) is 14.5 Å². The van der Waals surface area contributed by atoms with Crippen LogP contribution in [-0.2, 0) is 9.59 Å². The van der Waals surface area contributed by atoms with Gasteiger partial charge in [0, 0.05) is 20.0 Å². The summed E-state index contributed by atoms with van der Waals surface area (Å²) in [4.78, 5) is 37.6. The Balaban J connectivity index is 1.69. The van der Waals surface area contributed by atoms with E-state index in [0.29, 0.717) is 6.42 Å². The van der Waals surface area contributed by atoms with Crippen molar-refractivity contribution in [1.82, 2.24) is 15.1 Å². The summed E-state index contributed by atoms with van der Waals surface area (Å²) in [5.41, 5.74) is 0. The van der Waals surface area contributed by atoms with Gasteiger partial charge in [-0.15, -0.1) is 0 Å². The Morgan fingerprint density at radius 3 is 2.67 bits per heavy atom. The Labute approximate surface area is 124 Å². The van der Waals surface area contributed by atoms with Crippen LogP contribution >= 0.6 is 0 Å². The molecule has 0 bridgehead atoms. The van der Waals surface area contributed by atoms with Gasteiger partial charge in [-0.05, 0) is 19.3 Å². The second-order valence-corrected chi connectivity index (χ2v) is 5.81. The maximum atomic E-state index is 11.8. The van der Waals surface area contributed by atoms with Gasteiger partial charge in [0.25, 0.3) is 0 Å². The Morgan fingerprint density at radius 1 is 1.33 bits per heavy atom. The van der Waals surface area contributed by atoms with E-state index in [-0.39, 0.29) is 43.4 Å². The van der Waals surface area contributed by atoms with Crippen LogP contribution in [0, 0.1) is 0 Å². The summed E-state index contributed by atoms with van der Waals surface area (Å²) in [5.74, 6) is -0.348. The lowest BCUT2D eigenvalue weighted by Gasteiger charge is -2.28. The highest BCUT2D eigenvalue weighted by Crippen LogP contribution is 2.18. The van der Waals surface area contributed by atoms with Crippen molar-refractivity contribution in [2.24, 2.45) is 0 Å². The number of rotatable bonds is 5. The van der Waals surface area contributed by atoms with Gasteiger partial charge in [0.05, 0.1) is 12.1 Å². The average Bonchev–Trinajstić information content (AvgIpc) is 2.68. The minimum Gasteiger partial charge on any atom is -0.391 e. The van der Waals surface area contributed by atoms with E-state index in [1.54, 1.807) is 7.05 Å². The summed E-state index contributed by atoms with van der Waals surface area (Å²) in [6.45, 7) is 0.377. The van der Waals surface area contributed by atoms with E-state index in [9.17, 15) is 19.5 Å². The van der Waals surface area contributed by atoms with Crippen molar-refractivity contribution in [2.75, 3.05) is 20.1 Å². The molecule has 7 nitrogen and oxygen atoms in total. The number of nitrogens with zero attached hydrogens (tertiary/aromatic N) is 2. The fourth-order valence-corrected chi connectivity index (χ4v) is 2.85. The second kappa shape index (κ2) is 6.89. The molecule has 4 amide bonds. The van der Waals surface area contributed by atoms with Crippen molar-refractivity contribution in [3.8, 4) is 0 Å². The Bertz CT molecular complexity index is 426. The van der Waals surface area contributed by atoms with Crippen molar-refractivity contribution in [3.05, 3.63) is 0 Å². The maximum Gasteiger partial charge on any atom is 0.326 e. The van der Waals surface area contributed by atoms with Crippen molar-refractivity contribution < 1.29 is 19.5 Å². The number of carbonyl (C=O) groups is 3. The number of amides is 4. The normalized spacial score (nSPS) is 26.4. The molecule has 0 aromatic carbocycles. The third-order valence-electron chi connectivity index (χ3n) is 4.09. The fraction of sp³-hybridized carbons (Fsp3) is 0.786. The van der Waals surface area contributed by atoms with E-state index < -0.39 is 6.10 Å². The van der Waals surface area contributed by atoms with Gasteiger partial charge in [-0.2, -0.15) is 0 Å². The monoisotopic (exact) mass is 297 g/mol. The lowest BCUT2D eigenvalue weighted by atomic mass is 9.92. The molecule has 0 radical (unpaired) electrons. The molecule has 2 N–H and O–H groups in total. The van der Waals surface area contributed by atoms with Gasteiger partial charge >= 0.3 is 6.03 Å². The van der Waals surface area contributed by atoms with Crippen LogP contribution in [0.25, 0.3) is 0 Å². The van der Waals surface area contributed by atoms with E-state index in [0.717, 1.165) is 25.7 Å². The number of urea groups is 1. The molecule has 0 unspecified atom stereocenters. The summed E-state index contributed by atoms with van der Waals surface area (Å²) >= 11 is 0. The number of likely N-dealkylation sites (N-methyl/N-ethyl adjacent to an activating group) is 1. The van der Waals surface area contributed by atoms with Crippen molar-refractivity contribution in [1.29, 1.82) is 0 Å². The third kappa shape index (κ3) is 3.93. The first-order valence-corrected chi connectivity index (χ1v) is 7.52. The van der Waals surface area contributed by atoms with E-state index in [4.69, 9.17) is 0 Å². The largest absolute Gasteiger partial charge is 0.391 e. The van der Waals surface area contributed by atoms with Crippen LogP contribution in [0.1, 0.15) is 38.5 Å². The summed E-state index contributed by atoms with van der Waals surface area (Å²) in [6.07, 6.45) is 3.79. The number of aliphatic hydroxyl groups excluding tert-OH is 1. The Hall–Kier alpha value is -1.63.